The van der Waals surface area contributed by atoms with E-state index >= 15 is 0 Å². The van der Waals surface area contributed by atoms with Crippen molar-refractivity contribution >= 4 is 13.5 Å². The van der Waals surface area contributed by atoms with Crippen molar-refractivity contribution < 1.29 is 19.1 Å². The second-order valence-corrected chi connectivity index (χ2v) is 4.31. The number of carbonyl (C=O) groups excluding carboxylic acids is 1. The normalized spacial score (nSPS) is 11.3. The summed E-state index contributed by atoms with van der Waals surface area (Å²) < 4.78 is 10.3. The van der Waals surface area contributed by atoms with Gasteiger partial charge in [0.1, 0.15) is 6.16 Å². The molecule has 0 heterocycles. The fourth-order valence-electron chi connectivity index (χ4n) is 0.740. The van der Waals surface area contributed by atoms with Crippen LogP contribution in [-0.2, 0) is 9.36 Å². The molecule has 0 radical (unpaired) electrons. The van der Waals surface area contributed by atoms with E-state index in [0.717, 1.165) is 12.8 Å². The summed E-state index contributed by atoms with van der Waals surface area (Å²) in [7, 11) is -4.21. The molecular weight excluding hydrogens is 195 g/mol. The van der Waals surface area contributed by atoms with E-state index in [2.05, 4.69) is 5.32 Å². The van der Waals surface area contributed by atoms with Crippen molar-refractivity contribution in [1.82, 2.24) is 5.32 Å². The van der Waals surface area contributed by atoms with E-state index in [9.17, 15) is 9.36 Å². The van der Waals surface area contributed by atoms with E-state index in [1.54, 1.807) is 0 Å². The SMILES string of the molecule is NCCCCNC(=O)CP(=O)(O)O. The molecule has 7 heteroatoms. The Labute approximate surface area is 76.7 Å². The molecule has 0 saturated carbocycles. The van der Waals surface area contributed by atoms with Gasteiger partial charge in [-0.05, 0) is 19.4 Å². The van der Waals surface area contributed by atoms with Crippen LogP contribution in [0.15, 0.2) is 0 Å². The van der Waals surface area contributed by atoms with Crippen molar-refractivity contribution in [2.75, 3.05) is 19.3 Å². The van der Waals surface area contributed by atoms with Crippen molar-refractivity contribution in [3.8, 4) is 0 Å². The molecule has 0 bridgehead atoms. The smallest absolute Gasteiger partial charge is 0.334 e. The van der Waals surface area contributed by atoms with Crippen LogP contribution in [-0.4, -0.2) is 34.9 Å². The lowest BCUT2D eigenvalue weighted by Crippen LogP contribution is -2.27. The van der Waals surface area contributed by atoms with Crippen molar-refractivity contribution in [3.63, 3.8) is 0 Å². The first-order chi connectivity index (χ1) is 5.95. The van der Waals surface area contributed by atoms with Gasteiger partial charge in [-0.3, -0.25) is 9.36 Å². The molecule has 0 rings (SSSR count). The molecule has 5 N–H and O–H groups in total. The third kappa shape index (κ3) is 9.49. The quantitative estimate of drug-likeness (QED) is 0.332. The van der Waals surface area contributed by atoms with Crippen LogP contribution in [0.5, 0.6) is 0 Å². The zero-order valence-corrected chi connectivity index (χ0v) is 8.17. The Morgan fingerprint density at radius 3 is 2.46 bits per heavy atom. The summed E-state index contributed by atoms with van der Waals surface area (Å²) in [5.74, 6) is -0.620. The predicted molar refractivity (Wildman–Crippen MR) is 48.2 cm³/mol. The summed E-state index contributed by atoms with van der Waals surface area (Å²) in [5.41, 5.74) is 5.21. The summed E-state index contributed by atoms with van der Waals surface area (Å²) >= 11 is 0. The van der Waals surface area contributed by atoms with E-state index in [1.807, 2.05) is 0 Å². The van der Waals surface area contributed by atoms with Gasteiger partial charge in [0.25, 0.3) is 0 Å². The molecule has 1 amide bonds. The van der Waals surface area contributed by atoms with Gasteiger partial charge in [0.2, 0.25) is 5.91 Å². The lowest BCUT2D eigenvalue weighted by atomic mass is 10.3. The van der Waals surface area contributed by atoms with Crippen molar-refractivity contribution in [3.05, 3.63) is 0 Å². The Balaban J connectivity index is 3.47. The minimum absolute atomic E-state index is 0.413. The van der Waals surface area contributed by atoms with Crippen molar-refractivity contribution in [2.45, 2.75) is 12.8 Å². The summed E-state index contributed by atoms with van der Waals surface area (Å²) in [5, 5.41) is 2.39. The van der Waals surface area contributed by atoms with E-state index in [-0.39, 0.29) is 0 Å². The molecule has 13 heavy (non-hydrogen) atoms. The molecule has 0 saturated heterocycles. The van der Waals surface area contributed by atoms with E-state index in [4.69, 9.17) is 15.5 Å². The number of rotatable bonds is 6. The van der Waals surface area contributed by atoms with Crippen LogP contribution in [0, 0.1) is 0 Å². The topological polar surface area (TPSA) is 113 Å². The number of carbonyl (C=O) groups is 1. The van der Waals surface area contributed by atoms with Crippen LogP contribution in [0.3, 0.4) is 0 Å². The van der Waals surface area contributed by atoms with Gasteiger partial charge in [0, 0.05) is 6.54 Å². The van der Waals surface area contributed by atoms with Crippen LogP contribution < -0.4 is 11.1 Å². The number of amides is 1. The van der Waals surface area contributed by atoms with E-state index in [0.29, 0.717) is 13.1 Å². The fourth-order valence-corrected chi connectivity index (χ4v) is 1.23. The van der Waals surface area contributed by atoms with E-state index < -0.39 is 19.7 Å². The Morgan fingerprint density at radius 2 is 2.00 bits per heavy atom. The molecule has 0 unspecified atom stereocenters. The molecular formula is C6H15N2O4P. The highest BCUT2D eigenvalue weighted by Gasteiger charge is 2.17. The molecule has 0 aliphatic carbocycles. The van der Waals surface area contributed by atoms with Gasteiger partial charge < -0.3 is 20.8 Å². The maximum absolute atomic E-state index is 10.8. The molecule has 0 fully saturated rings. The van der Waals surface area contributed by atoms with Crippen LogP contribution >= 0.6 is 7.60 Å². The van der Waals surface area contributed by atoms with Gasteiger partial charge in [-0.1, -0.05) is 0 Å². The first-order valence-electron chi connectivity index (χ1n) is 3.97. The molecule has 6 nitrogen and oxygen atoms in total. The molecule has 0 aromatic carbocycles. The number of nitrogens with two attached hydrogens (primary N) is 1. The second-order valence-electron chi connectivity index (χ2n) is 2.67. The first-order valence-corrected chi connectivity index (χ1v) is 5.77. The second kappa shape index (κ2) is 6.10. The van der Waals surface area contributed by atoms with Gasteiger partial charge in [-0.15, -0.1) is 0 Å². The van der Waals surface area contributed by atoms with Crippen molar-refractivity contribution in [1.29, 1.82) is 0 Å². The lowest BCUT2D eigenvalue weighted by molar-refractivity contribution is -0.118. The Bertz CT molecular complexity index is 203. The van der Waals surface area contributed by atoms with Gasteiger partial charge in [-0.2, -0.15) is 0 Å². The zero-order chi connectivity index (χ0) is 10.3. The molecule has 0 aromatic heterocycles. The summed E-state index contributed by atoms with van der Waals surface area (Å²) in [6.07, 6.45) is 0.773. The van der Waals surface area contributed by atoms with Crippen LogP contribution in [0.25, 0.3) is 0 Å². The molecule has 0 aliphatic heterocycles. The Kier molecular flexibility index (Phi) is 5.90. The van der Waals surface area contributed by atoms with Gasteiger partial charge in [0.05, 0.1) is 0 Å². The third-order valence-corrected chi connectivity index (χ3v) is 2.00. The average Bonchev–Trinajstić information content (AvgIpc) is 1.94. The fraction of sp³-hybridized carbons (Fsp3) is 0.833. The average molecular weight is 210 g/mol. The van der Waals surface area contributed by atoms with Crippen LogP contribution in [0.2, 0.25) is 0 Å². The van der Waals surface area contributed by atoms with Crippen molar-refractivity contribution in [2.24, 2.45) is 5.73 Å². The van der Waals surface area contributed by atoms with Gasteiger partial charge in [-0.25, -0.2) is 0 Å². The molecule has 0 spiro atoms. The number of hydrogen-bond donors (Lipinski definition) is 4. The van der Waals surface area contributed by atoms with Gasteiger partial charge >= 0.3 is 7.60 Å². The zero-order valence-electron chi connectivity index (χ0n) is 7.27. The largest absolute Gasteiger partial charge is 0.356 e. The van der Waals surface area contributed by atoms with Gasteiger partial charge in [0.15, 0.2) is 0 Å². The Hall–Kier alpha value is -0.420. The summed E-state index contributed by atoms with van der Waals surface area (Å²) in [6.45, 7) is 0.963. The maximum atomic E-state index is 10.8. The monoisotopic (exact) mass is 210 g/mol. The summed E-state index contributed by atoms with van der Waals surface area (Å²) in [6, 6.07) is 0. The third-order valence-electron chi connectivity index (χ3n) is 1.30. The minimum atomic E-state index is -4.21. The highest BCUT2D eigenvalue weighted by molar-refractivity contribution is 7.52. The number of hydrogen-bond acceptors (Lipinski definition) is 3. The lowest BCUT2D eigenvalue weighted by Gasteiger charge is -2.05. The number of nitrogens with one attached hydrogen (secondary N) is 1. The highest BCUT2D eigenvalue weighted by Crippen LogP contribution is 2.33. The first kappa shape index (κ1) is 12.6. The predicted octanol–water partition coefficient (Wildman–Crippen LogP) is -0.981. The molecule has 0 aliphatic rings. The Morgan fingerprint density at radius 1 is 1.38 bits per heavy atom. The molecule has 78 valence electrons. The van der Waals surface area contributed by atoms with Crippen LogP contribution in [0.1, 0.15) is 12.8 Å². The number of unbranched alkanes of at least 4 members (excludes halogenated alkanes) is 1. The van der Waals surface area contributed by atoms with E-state index in [1.165, 1.54) is 0 Å². The minimum Gasteiger partial charge on any atom is -0.356 e. The molecule has 0 aromatic rings. The highest BCUT2D eigenvalue weighted by atomic mass is 31.2. The maximum Gasteiger partial charge on any atom is 0.334 e. The standard InChI is InChI=1S/C6H15N2O4P/c7-3-1-2-4-8-6(9)5-13(10,11)12/h1-5,7H2,(H,8,9)(H2,10,11,12). The van der Waals surface area contributed by atoms with Crippen LogP contribution in [0.4, 0.5) is 0 Å². The molecule has 0 atom stereocenters. The summed E-state index contributed by atoms with van der Waals surface area (Å²) in [4.78, 5) is 27.6.